The molecule has 0 fully saturated rings. The lowest BCUT2D eigenvalue weighted by molar-refractivity contribution is 0.296. The Balaban J connectivity index is 1.76. The number of ether oxygens (including phenoxy) is 1. The van der Waals surface area contributed by atoms with Gasteiger partial charge in [-0.05, 0) is 43.6 Å². The van der Waals surface area contributed by atoms with Gasteiger partial charge in [-0.15, -0.1) is 5.10 Å². The highest BCUT2D eigenvalue weighted by Crippen LogP contribution is 2.30. The first-order chi connectivity index (χ1) is 12.4. The Morgan fingerprint density at radius 1 is 0.960 bits per heavy atom. The largest absolute Gasteiger partial charge is 0.476 e. The molecule has 0 atom stereocenters. The molecule has 0 unspecified atom stereocenters. The van der Waals surface area contributed by atoms with E-state index in [9.17, 15) is 0 Å². The molecular weight excluding hydrogens is 310 g/mol. The molecule has 1 aromatic heterocycles. The van der Waals surface area contributed by atoms with Crippen LogP contribution in [0.2, 0.25) is 0 Å². The van der Waals surface area contributed by atoms with E-state index in [1.807, 2.05) is 59.4 Å². The number of nitrogens with one attached hydrogen (secondary N) is 1. The maximum absolute atomic E-state index is 6.00. The van der Waals surface area contributed by atoms with E-state index in [0.717, 1.165) is 42.7 Å². The van der Waals surface area contributed by atoms with Crippen LogP contribution in [0.1, 0.15) is 19.8 Å². The van der Waals surface area contributed by atoms with Gasteiger partial charge in [0.15, 0.2) is 0 Å². The Kier molecular flexibility index (Phi) is 6.23. The third-order valence-electron chi connectivity index (χ3n) is 3.95. The fourth-order valence-electron chi connectivity index (χ4n) is 2.66. The lowest BCUT2D eigenvalue weighted by atomic mass is 10.1. The van der Waals surface area contributed by atoms with Crippen LogP contribution in [-0.4, -0.2) is 29.5 Å². The maximum atomic E-state index is 6.00. The Hall–Kier alpha value is -2.59. The minimum atomic E-state index is 0.655. The second-order valence-electron chi connectivity index (χ2n) is 5.95. The standard InChI is InChI=1S/C21H25N3O/c1-2-14-22-15-9-16-25-21-20(18-10-5-3-6-11-18)17-24(23-21)19-12-7-4-8-13-19/h3-8,10-13,17,22H,2,9,14-16H2,1H3. The molecule has 4 heteroatoms. The highest BCUT2D eigenvalue weighted by Gasteiger charge is 2.13. The van der Waals surface area contributed by atoms with Crippen molar-refractivity contribution in [2.45, 2.75) is 19.8 Å². The zero-order valence-electron chi connectivity index (χ0n) is 14.7. The number of nitrogens with zero attached hydrogens (tertiary/aromatic N) is 2. The third-order valence-corrected chi connectivity index (χ3v) is 3.95. The van der Waals surface area contributed by atoms with E-state index in [4.69, 9.17) is 4.74 Å². The number of hydrogen-bond acceptors (Lipinski definition) is 3. The molecule has 1 heterocycles. The quantitative estimate of drug-likeness (QED) is 0.592. The Morgan fingerprint density at radius 2 is 1.68 bits per heavy atom. The first kappa shape index (κ1) is 17.2. The predicted molar refractivity (Wildman–Crippen MR) is 102 cm³/mol. The van der Waals surface area contributed by atoms with Crippen LogP contribution < -0.4 is 10.1 Å². The summed E-state index contributed by atoms with van der Waals surface area (Å²) in [5.41, 5.74) is 3.16. The molecule has 0 aliphatic carbocycles. The summed E-state index contributed by atoms with van der Waals surface area (Å²) in [5, 5.41) is 8.06. The van der Waals surface area contributed by atoms with Crippen LogP contribution in [0.15, 0.2) is 66.9 Å². The summed E-state index contributed by atoms with van der Waals surface area (Å²) in [4.78, 5) is 0. The van der Waals surface area contributed by atoms with E-state index in [1.54, 1.807) is 0 Å². The molecule has 1 N–H and O–H groups in total. The maximum Gasteiger partial charge on any atom is 0.241 e. The fraction of sp³-hybridized carbons (Fsp3) is 0.286. The fourth-order valence-corrected chi connectivity index (χ4v) is 2.66. The first-order valence-corrected chi connectivity index (χ1v) is 8.92. The minimum absolute atomic E-state index is 0.655. The van der Waals surface area contributed by atoms with Crippen LogP contribution in [0.5, 0.6) is 5.88 Å². The molecule has 4 nitrogen and oxygen atoms in total. The zero-order valence-corrected chi connectivity index (χ0v) is 14.7. The van der Waals surface area contributed by atoms with Crippen molar-refractivity contribution in [3.05, 3.63) is 66.9 Å². The van der Waals surface area contributed by atoms with Gasteiger partial charge >= 0.3 is 0 Å². The highest BCUT2D eigenvalue weighted by atomic mass is 16.5. The smallest absolute Gasteiger partial charge is 0.241 e. The van der Waals surface area contributed by atoms with Gasteiger partial charge in [0.25, 0.3) is 0 Å². The molecule has 0 aliphatic rings. The number of rotatable bonds is 9. The molecule has 25 heavy (non-hydrogen) atoms. The van der Waals surface area contributed by atoms with Crippen LogP contribution in [-0.2, 0) is 0 Å². The molecule has 0 spiro atoms. The molecule has 130 valence electrons. The predicted octanol–water partition coefficient (Wildman–Crippen LogP) is 4.31. The molecule has 0 radical (unpaired) electrons. The van der Waals surface area contributed by atoms with E-state index < -0.39 is 0 Å². The van der Waals surface area contributed by atoms with Gasteiger partial charge in [0, 0.05) is 6.20 Å². The summed E-state index contributed by atoms with van der Waals surface area (Å²) in [7, 11) is 0. The van der Waals surface area contributed by atoms with Gasteiger partial charge in [0.1, 0.15) is 0 Å². The topological polar surface area (TPSA) is 39.1 Å². The van der Waals surface area contributed by atoms with Gasteiger partial charge in [-0.3, -0.25) is 0 Å². The lowest BCUT2D eigenvalue weighted by Gasteiger charge is -2.06. The Morgan fingerprint density at radius 3 is 2.40 bits per heavy atom. The number of hydrogen-bond donors (Lipinski definition) is 1. The molecule has 2 aromatic carbocycles. The molecule has 0 aliphatic heterocycles. The van der Waals surface area contributed by atoms with Crippen LogP contribution in [0.3, 0.4) is 0 Å². The molecule has 3 rings (SSSR count). The zero-order chi connectivity index (χ0) is 17.3. The molecule has 0 saturated heterocycles. The average Bonchev–Trinajstić information content (AvgIpc) is 3.10. The number of para-hydroxylation sites is 1. The Labute approximate surface area is 149 Å². The summed E-state index contributed by atoms with van der Waals surface area (Å²) in [6.07, 6.45) is 4.16. The van der Waals surface area contributed by atoms with Crippen LogP contribution in [0.4, 0.5) is 0 Å². The second-order valence-corrected chi connectivity index (χ2v) is 5.95. The third kappa shape index (κ3) is 4.70. The SMILES string of the molecule is CCCNCCCOc1nn(-c2ccccc2)cc1-c1ccccc1. The summed E-state index contributed by atoms with van der Waals surface area (Å²) in [6, 6.07) is 20.4. The average molecular weight is 335 g/mol. The van der Waals surface area contributed by atoms with E-state index in [2.05, 4.69) is 29.5 Å². The molecule has 0 saturated carbocycles. The van der Waals surface area contributed by atoms with Crippen LogP contribution in [0.25, 0.3) is 16.8 Å². The highest BCUT2D eigenvalue weighted by molar-refractivity contribution is 5.68. The summed E-state index contributed by atoms with van der Waals surface area (Å²) in [6.45, 7) is 4.85. The normalized spacial score (nSPS) is 10.8. The molecular formula is C21H25N3O. The van der Waals surface area contributed by atoms with Crippen molar-refractivity contribution in [1.82, 2.24) is 15.1 Å². The van der Waals surface area contributed by atoms with Crippen molar-refractivity contribution in [2.24, 2.45) is 0 Å². The lowest BCUT2D eigenvalue weighted by Crippen LogP contribution is -2.18. The van der Waals surface area contributed by atoms with E-state index in [0.29, 0.717) is 12.5 Å². The molecule has 0 bridgehead atoms. The van der Waals surface area contributed by atoms with Crippen molar-refractivity contribution in [1.29, 1.82) is 0 Å². The summed E-state index contributed by atoms with van der Waals surface area (Å²) >= 11 is 0. The van der Waals surface area contributed by atoms with Gasteiger partial charge in [-0.1, -0.05) is 55.5 Å². The van der Waals surface area contributed by atoms with Crippen LogP contribution >= 0.6 is 0 Å². The van der Waals surface area contributed by atoms with Crippen molar-refractivity contribution in [2.75, 3.05) is 19.7 Å². The van der Waals surface area contributed by atoms with Crippen molar-refractivity contribution >= 4 is 0 Å². The summed E-state index contributed by atoms with van der Waals surface area (Å²) in [5.74, 6) is 0.686. The number of benzene rings is 2. The van der Waals surface area contributed by atoms with Crippen LogP contribution in [0, 0.1) is 0 Å². The van der Waals surface area contributed by atoms with Gasteiger partial charge in [0.2, 0.25) is 5.88 Å². The van der Waals surface area contributed by atoms with Gasteiger partial charge < -0.3 is 10.1 Å². The molecule has 3 aromatic rings. The van der Waals surface area contributed by atoms with Crippen molar-refractivity contribution in [3.63, 3.8) is 0 Å². The van der Waals surface area contributed by atoms with E-state index in [-0.39, 0.29) is 0 Å². The van der Waals surface area contributed by atoms with Gasteiger partial charge in [-0.25, -0.2) is 4.68 Å². The first-order valence-electron chi connectivity index (χ1n) is 8.92. The van der Waals surface area contributed by atoms with E-state index >= 15 is 0 Å². The second kappa shape index (κ2) is 9.04. The summed E-state index contributed by atoms with van der Waals surface area (Å²) < 4.78 is 7.88. The molecule has 0 amide bonds. The number of aromatic nitrogens is 2. The van der Waals surface area contributed by atoms with Crippen molar-refractivity contribution < 1.29 is 4.74 Å². The Bertz CT molecular complexity index is 753. The minimum Gasteiger partial charge on any atom is -0.476 e. The van der Waals surface area contributed by atoms with Crippen molar-refractivity contribution in [3.8, 4) is 22.7 Å². The van der Waals surface area contributed by atoms with Gasteiger partial charge in [0.05, 0.1) is 17.9 Å². The monoisotopic (exact) mass is 335 g/mol. The van der Waals surface area contributed by atoms with Gasteiger partial charge in [-0.2, -0.15) is 0 Å². The van der Waals surface area contributed by atoms with E-state index in [1.165, 1.54) is 0 Å².